The van der Waals surface area contributed by atoms with Gasteiger partial charge in [-0.05, 0) is 88.3 Å². The highest BCUT2D eigenvalue weighted by Gasteiger charge is 2.35. The lowest BCUT2D eigenvalue weighted by Gasteiger charge is -2.32. The number of allylic oxidation sites excluding steroid dienone is 1. The van der Waals surface area contributed by atoms with Gasteiger partial charge in [-0.25, -0.2) is 0 Å². The van der Waals surface area contributed by atoms with Gasteiger partial charge in [0.15, 0.2) is 0 Å². The summed E-state index contributed by atoms with van der Waals surface area (Å²) >= 11 is 0. The smallest absolute Gasteiger partial charge is 0.251 e. The summed E-state index contributed by atoms with van der Waals surface area (Å²) in [7, 11) is 3.80. The lowest BCUT2D eigenvalue weighted by atomic mass is 9.75. The normalized spacial score (nSPS) is 20.9. The van der Waals surface area contributed by atoms with Crippen molar-refractivity contribution in [1.82, 2.24) is 9.80 Å². The van der Waals surface area contributed by atoms with Crippen molar-refractivity contribution in [2.75, 3.05) is 27.4 Å². The number of hydrogen-bond donors (Lipinski definition) is 1. The molecule has 5 nitrogen and oxygen atoms in total. The summed E-state index contributed by atoms with van der Waals surface area (Å²) in [6.07, 6.45) is 3.65. The second-order valence-corrected chi connectivity index (χ2v) is 8.46. The van der Waals surface area contributed by atoms with E-state index in [0.29, 0.717) is 24.9 Å². The van der Waals surface area contributed by atoms with Crippen LogP contribution in [0.2, 0.25) is 0 Å². The summed E-state index contributed by atoms with van der Waals surface area (Å²) in [4.78, 5) is 17.3. The zero-order chi connectivity index (χ0) is 20.4. The molecule has 1 N–H and O–H groups in total. The molecular formula is C23H34N2O3. The van der Waals surface area contributed by atoms with Crippen LogP contribution in [-0.4, -0.2) is 60.3 Å². The van der Waals surface area contributed by atoms with Crippen LogP contribution >= 0.6 is 0 Å². The molecule has 1 amide bonds. The molecule has 154 valence electrons. The molecule has 0 aromatic heterocycles. The van der Waals surface area contributed by atoms with Gasteiger partial charge in [-0.2, -0.15) is 0 Å². The van der Waals surface area contributed by atoms with Crippen molar-refractivity contribution in [3.63, 3.8) is 0 Å². The van der Waals surface area contributed by atoms with Gasteiger partial charge < -0.3 is 19.6 Å². The number of fused-ring (bicyclic) bond motifs is 3. The van der Waals surface area contributed by atoms with Crippen LogP contribution in [0.3, 0.4) is 0 Å². The highest BCUT2D eigenvalue weighted by molar-refractivity contribution is 6.02. The SMILES string of the molecule is COc1ccc2c(c1)CCC1CCN(CO)C(=O)C(CC(C)N(C)C(C)C)=C21. The van der Waals surface area contributed by atoms with E-state index in [-0.39, 0.29) is 18.7 Å². The van der Waals surface area contributed by atoms with Gasteiger partial charge >= 0.3 is 0 Å². The molecule has 28 heavy (non-hydrogen) atoms. The first-order valence-corrected chi connectivity index (χ1v) is 10.4. The Morgan fingerprint density at radius 3 is 2.68 bits per heavy atom. The van der Waals surface area contributed by atoms with E-state index in [4.69, 9.17) is 4.74 Å². The summed E-state index contributed by atoms with van der Waals surface area (Å²) in [6.45, 7) is 6.93. The standard InChI is InChI=1S/C23H34N2O3/c1-15(2)24(4)16(3)12-21-22-17(10-11-25(14-26)23(21)27)6-7-18-13-19(28-5)8-9-20(18)22/h8-9,13,15-17,26H,6-7,10-12,14H2,1-5H3. The van der Waals surface area contributed by atoms with Crippen LogP contribution < -0.4 is 4.74 Å². The van der Waals surface area contributed by atoms with Crippen molar-refractivity contribution < 1.29 is 14.6 Å². The fourth-order valence-corrected chi connectivity index (χ4v) is 4.56. The molecule has 1 heterocycles. The van der Waals surface area contributed by atoms with Crippen LogP contribution in [0, 0.1) is 5.92 Å². The average molecular weight is 387 g/mol. The predicted molar refractivity (Wildman–Crippen MR) is 112 cm³/mol. The first-order valence-electron chi connectivity index (χ1n) is 10.4. The molecule has 0 fully saturated rings. The van der Waals surface area contributed by atoms with Crippen LogP contribution in [0.4, 0.5) is 0 Å². The summed E-state index contributed by atoms with van der Waals surface area (Å²) in [5, 5.41) is 9.79. The molecule has 0 bridgehead atoms. The molecule has 0 spiro atoms. The number of aryl methyl sites for hydroxylation is 1. The number of aliphatic hydroxyl groups is 1. The van der Waals surface area contributed by atoms with E-state index in [2.05, 4.69) is 44.9 Å². The van der Waals surface area contributed by atoms with E-state index >= 15 is 0 Å². The Labute approximate surface area is 169 Å². The maximum absolute atomic E-state index is 13.4. The number of benzene rings is 1. The number of nitrogens with zero attached hydrogens (tertiary/aromatic N) is 2. The zero-order valence-electron chi connectivity index (χ0n) is 17.9. The van der Waals surface area contributed by atoms with Crippen molar-refractivity contribution in [3.8, 4) is 5.75 Å². The molecule has 1 aromatic rings. The van der Waals surface area contributed by atoms with E-state index in [1.165, 1.54) is 16.7 Å². The lowest BCUT2D eigenvalue weighted by molar-refractivity contribution is -0.130. The summed E-state index contributed by atoms with van der Waals surface area (Å²) in [5.41, 5.74) is 4.54. The molecule has 1 aliphatic heterocycles. The number of carbonyl (C=O) groups is 1. The van der Waals surface area contributed by atoms with Gasteiger partial charge in [0.2, 0.25) is 0 Å². The highest BCUT2D eigenvalue weighted by atomic mass is 16.5. The Morgan fingerprint density at radius 1 is 1.29 bits per heavy atom. The van der Waals surface area contributed by atoms with E-state index in [9.17, 15) is 9.90 Å². The predicted octanol–water partition coefficient (Wildman–Crippen LogP) is 3.31. The molecule has 5 heteroatoms. The highest BCUT2D eigenvalue weighted by Crippen LogP contribution is 2.43. The third-order valence-electron chi connectivity index (χ3n) is 6.57. The van der Waals surface area contributed by atoms with Crippen LogP contribution in [0.1, 0.15) is 51.2 Å². The number of methoxy groups -OCH3 is 1. The van der Waals surface area contributed by atoms with Gasteiger partial charge in [0.1, 0.15) is 12.5 Å². The first kappa shape index (κ1) is 20.9. The topological polar surface area (TPSA) is 53.0 Å². The van der Waals surface area contributed by atoms with Gasteiger partial charge in [-0.3, -0.25) is 4.79 Å². The summed E-state index contributed by atoms with van der Waals surface area (Å²) in [5.74, 6) is 1.23. The van der Waals surface area contributed by atoms with Crippen LogP contribution in [0.5, 0.6) is 5.75 Å². The molecule has 0 saturated heterocycles. The van der Waals surface area contributed by atoms with E-state index in [1.54, 1.807) is 12.0 Å². The van der Waals surface area contributed by atoms with E-state index < -0.39 is 0 Å². The number of amides is 1. The van der Waals surface area contributed by atoms with Crippen molar-refractivity contribution in [2.24, 2.45) is 5.92 Å². The number of aliphatic hydroxyl groups excluding tert-OH is 1. The fourth-order valence-electron chi connectivity index (χ4n) is 4.56. The molecular weight excluding hydrogens is 352 g/mol. The quantitative estimate of drug-likeness (QED) is 0.815. The molecule has 0 radical (unpaired) electrons. The molecule has 1 aromatic carbocycles. The number of hydrogen-bond acceptors (Lipinski definition) is 4. The van der Waals surface area contributed by atoms with Crippen molar-refractivity contribution in [3.05, 3.63) is 34.9 Å². The largest absolute Gasteiger partial charge is 0.497 e. The fraction of sp³-hybridized carbons (Fsp3) is 0.609. The van der Waals surface area contributed by atoms with Crippen molar-refractivity contribution in [1.29, 1.82) is 0 Å². The Hall–Kier alpha value is -1.85. The second-order valence-electron chi connectivity index (χ2n) is 8.46. The minimum absolute atomic E-state index is 0.00678. The molecule has 0 saturated carbocycles. The number of carbonyl (C=O) groups excluding carboxylic acids is 1. The molecule has 2 aliphatic rings. The van der Waals surface area contributed by atoms with Gasteiger partial charge in [0.05, 0.1) is 7.11 Å². The van der Waals surface area contributed by atoms with Crippen LogP contribution in [-0.2, 0) is 11.2 Å². The number of rotatable bonds is 6. The minimum atomic E-state index is -0.216. The molecule has 2 unspecified atom stereocenters. The monoisotopic (exact) mass is 386 g/mol. The van der Waals surface area contributed by atoms with E-state index in [0.717, 1.165) is 30.6 Å². The van der Waals surface area contributed by atoms with Gasteiger partial charge in [-0.1, -0.05) is 6.07 Å². The van der Waals surface area contributed by atoms with Gasteiger partial charge in [0.25, 0.3) is 5.91 Å². The van der Waals surface area contributed by atoms with Crippen molar-refractivity contribution in [2.45, 2.75) is 58.5 Å². The number of ether oxygens (including phenoxy) is 1. The maximum atomic E-state index is 13.4. The summed E-state index contributed by atoms with van der Waals surface area (Å²) in [6, 6.07) is 6.88. The maximum Gasteiger partial charge on any atom is 0.251 e. The Balaban J connectivity index is 2.10. The first-order chi connectivity index (χ1) is 13.4. The zero-order valence-corrected chi connectivity index (χ0v) is 17.9. The lowest BCUT2D eigenvalue weighted by Crippen LogP contribution is -2.38. The third kappa shape index (κ3) is 3.96. The third-order valence-corrected chi connectivity index (χ3v) is 6.57. The Kier molecular flexibility index (Phi) is 6.46. The average Bonchev–Trinajstić information content (AvgIpc) is 2.83. The second kappa shape index (κ2) is 8.66. The van der Waals surface area contributed by atoms with Crippen LogP contribution in [0.15, 0.2) is 23.8 Å². The van der Waals surface area contributed by atoms with E-state index in [1.807, 2.05) is 6.07 Å². The molecule has 3 rings (SSSR count). The van der Waals surface area contributed by atoms with Gasteiger partial charge in [-0.15, -0.1) is 0 Å². The Bertz CT molecular complexity index is 756. The minimum Gasteiger partial charge on any atom is -0.497 e. The Morgan fingerprint density at radius 2 is 2.04 bits per heavy atom. The van der Waals surface area contributed by atoms with Gasteiger partial charge in [0, 0.05) is 24.2 Å². The summed E-state index contributed by atoms with van der Waals surface area (Å²) < 4.78 is 5.41. The van der Waals surface area contributed by atoms with Crippen molar-refractivity contribution >= 4 is 11.5 Å². The molecule has 2 atom stereocenters. The van der Waals surface area contributed by atoms with Crippen LogP contribution in [0.25, 0.3) is 5.57 Å². The molecule has 1 aliphatic carbocycles.